The first kappa shape index (κ1) is 23.1. The molecule has 8 heteroatoms. The minimum atomic E-state index is -0.422. The van der Waals surface area contributed by atoms with Crippen LogP contribution in [0.3, 0.4) is 0 Å². The molecule has 0 saturated carbocycles. The zero-order chi connectivity index (χ0) is 24.6. The third-order valence-corrected chi connectivity index (χ3v) is 8.89. The molecule has 5 aromatic rings. The van der Waals surface area contributed by atoms with Crippen LogP contribution in [0, 0.1) is 0 Å². The highest BCUT2D eigenvalue weighted by Crippen LogP contribution is 2.38. The predicted octanol–water partition coefficient (Wildman–Crippen LogP) is 5.86. The van der Waals surface area contributed by atoms with E-state index in [-0.39, 0.29) is 12.0 Å². The average Bonchev–Trinajstić information content (AvgIpc) is 3.51. The first-order chi connectivity index (χ1) is 17.6. The summed E-state index contributed by atoms with van der Waals surface area (Å²) in [5.41, 5.74) is 6.49. The van der Waals surface area contributed by atoms with Gasteiger partial charge in [0.25, 0.3) is 0 Å². The van der Waals surface area contributed by atoms with E-state index >= 15 is 0 Å². The fourth-order valence-corrected chi connectivity index (χ4v) is 6.98. The Kier molecular flexibility index (Phi) is 6.17. The molecule has 0 fully saturated rings. The topological polar surface area (TPSA) is 76.2 Å². The van der Waals surface area contributed by atoms with Crippen molar-refractivity contribution >= 4 is 50.2 Å². The number of thiazole rings is 1. The fraction of sp³-hybridized carbons (Fsp3) is 0.214. The van der Waals surface area contributed by atoms with Crippen molar-refractivity contribution in [3.8, 4) is 5.75 Å². The van der Waals surface area contributed by atoms with Gasteiger partial charge in [0.1, 0.15) is 11.8 Å². The van der Waals surface area contributed by atoms with Gasteiger partial charge in [0, 0.05) is 34.3 Å². The largest absolute Gasteiger partial charge is 0.496 e. The Balaban J connectivity index is 1.36. The van der Waals surface area contributed by atoms with Crippen LogP contribution in [-0.2, 0) is 21.7 Å². The number of fused-ring (bicyclic) bond motifs is 4. The number of rotatable bonds is 6. The van der Waals surface area contributed by atoms with E-state index in [9.17, 15) is 4.79 Å². The van der Waals surface area contributed by atoms with Crippen molar-refractivity contribution in [3.63, 3.8) is 0 Å². The van der Waals surface area contributed by atoms with Crippen LogP contribution in [0.4, 0.5) is 0 Å². The number of para-hydroxylation sites is 2. The molecule has 6 nitrogen and oxygen atoms in total. The van der Waals surface area contributed by atoms with Gasteiger partial charge in [0.2, 0.25) is 0 Å². The van der Waals surface area contributed by atoms with Crippen molar-refractivity contribution in [2.45, 2.75) is 28.6 Å². The molecule has 3 heterocycles. The number of benzene rings is 3. The molecule has 2 N–H and O–H groups in total. The van der Waals surface area contributed by atoms with E-state index in [0.717, 1.165) is 54.6 Å². The molecular formula is C28H25N3O3S2. The highest BCUT2D eigenvalue weighted by atomic mass is 32.2. The van der Waals surface area contributed by atoms with Crippen molar-refractivity contribution in [2.75, 3.05) is 14.2 Å². The number of thioether (sulfide) groups is 1. The summed E-state index contributed by atoms with van der Waals surface area (Å²) in [6, 6.07) is 22.1. The standard InChI is InChI=1S/C28H25N3O3S2/c1-33-23-12-11-16(13-17(23)15-35-28-31-21-9-5-6-10-24(21)36-28)25-26-19(14-22(30-25)27(32)34-2)18-7-3-4-8-20(18)29-26/h3-13,22,25,29-30H,14-15H2,1-2H3/t22-,25+/m1/s1. The lowest BCUT2D eigenvalue weighted by molar-refractivity contribution is -0.143. The summed E-state index contributed by atoms with van der Waals surface area (Å²) < 4.78 is 13.0. The molecule has 1 aliphatic rings. The number of carbonyl (C=O) groups is 1. The van der Waals surface area contributed by atoms with E-state index in [0.29, 0.717) is 6.42 Å². The molecule has 0 spiro atoms. The Hall–Kier alpha value is -3.33. The predicted molar refractivity (Wildman–Crippen MR) is 145 cm³/mol. The number of esters is 1. The van der Waals surface area contributed by atoms with E-state index in [1.165, 1.54) is 11.8 Å². The molecule has 6 rings (SSSR count). The van der Waals surface area contributed by atoms with Gasteiger partial charge in [-0.25, -0.2) is 4.98 Å². The van der Waals surface area contributed by atoms with Crippen LogP contribution in [0.1, 0.15) is 28.4 Å². The summed E-state index contributed by atoms with van der Waals surface area (Å²) in [4.78, 5) is 21.0. The highest BCUT2D eigenvalue weighted by Gasteiger charge is 2.34. The van der Waals surface area contributed by atoms with E-state index in [2.05, 4.69) is 40.6 Å². The summed E-state index contributed by atoms with van der Waals surface area (Å²) in [5, 5.41) is 4.68. The van der Waals surface area contributed by atoms with E-state index < -0.39 is 6.04 Å². The van der Waals surface area contributed by atoms with Gasteiger partial charge in [-0.2, -0.15) is 0 Å². The molecule has 1 aliphatic heterocycles. The zero-order valence-electron chi connectivity index (χ0n) is 19.9. The molecule has 0 radical (unpaired) electrons. The number of aromatic nitrogens is 2. The molecule has 0 unspecified atom stereocenters. The fourth-order valence-electron chi connectivity index (χ4n) is 4.93. The van der Waals surface area contributed by atoms with Gasteiger partial charge in [-0.05, 0) is 41.5 Å². The molecule has 2 aromatic heterocycles. The van der Waals surface area contributed by atoms with Gasteiger partial charge >= 0.3 is 5.97 Å². The van der Waals surface area contributed by atoms with Gasteiger partial charge in [-0.1, -0.05) is 48.2 Å². The molecule has 3 aromatic carbocycles. The Bertz CT molecular complexity index is 1540. The van der Waals surface area contributed by atoms with Crippen molar-refractivity contribution in [2.24, 2.45) is 0 Å². The normalized spacial score (nSPS) is 17.3. The van der Waals surface area contributed by atoms with Crippen LogP contribution in [0.2, 0.25) is 0 Å². The Morgan fingerprint density at radius 3 is 2.78 bits per heavy atom. The van der Waals surface area contributed by atoms with Crippen LogP contribution in [-0.4, -0.2) is 36.2 Å². The number of H-pyrrole nitrogens is 1. The minimum Gasteiger partial charge on any atom is -0.496 e. The molecule has 0 amide bonds. The lowest BCUT2D eigenvalue weighted by Crippen LogP contribution is -2.45. The molecule has 36 heavy (non-hydrogen) atoms. The molecule has 0 bridgehead atoms. The second-order valence-electron chi connectivity index (χ2n) is 8.75. The molecular weight excluding hydrogens is 490 g/mol. The summed E-state index contributed by atoms with van der Waals surface area (Å²) in [6.45, 7) is 0. The van der Waals surface area contributed by atoms with Crippen LogP contribution < -0.4 is 10.1 Å². The summed E-state index contributed by atoms with van der Waals surface area (Å²) in [7, 11) is 3.14. The number of carbonyl (C=O) groups excluding carboxylic acids is 1. The second kappa shape index (κ2) is 9.61. The lowest BCUT2D eigenvalue weighted by Gasteiger charge is -2.30. The van der Waals surface area contributed by atoms with Gasteiger partial charge in [0.15, 0.2) is 4.34 Å². The Morgan fingerprint density at radius 1 is 1.11 bits per heavy atom. The van der Waals surface area contributed by atoms with Crippen LogP contribution >= 0.6 is 23.1 Å². The summed E-state index contributed by atoms with van der Waals surface area (Å²) in [6.07, 6.45) is 0.582. The summed E-state index contributed by atoms with van der Waals surface area (Å²) >= 11 is 3.41. The van der Waals surface area contributed by atoms with E-state index in [1.54, 1.807) is 30.2 Å². The van der Waals surface area contributed by atoms with Crippen molar-refractivity contribution in [1.29, 1.82) is 0 Å². The van der Waals surface area contributed by atoms with Gasteiger partial charge < -0.3 is 14.5 Å². The van der Waals surface area contributed by atoms with Gasteiger partial charge in [0.05, 0.1) is 30.5 Å². The van der Waals surface area contributed by atoms with Crippen molar-refractivity contribution in [3.05, 3.63) is 89.1 Å². The number of aromatic amines is 1. The van der Waals surface area contributed by atoms with Gasteiger partial charge in [-0.3, -0.25) is 10.1 Å². The molecule has 0 aliphatic carbocycles. The Labute approximate surface area is 217 Å². The second-order valence-corrected chi connectivity index (χ2v) is 11.0. The Morgan fingerprint density at radius 2 is 1.94 bits per heavy atom. The zero-order valence-corrected chi connectivity index (χ0v) is 21.5. The first-order valence-corrected chi connectivity index (χ1v) is 13.5. The monoisotopic (exact) mass is 515 g/mol. The number of methoxy groups -OCH3 is 2. The third-order valence-electron chi connectivity index (χ3n) is 6.66. The van der Waals surface area contributed by atoms with Crippen LogP contribution in [0.25, 0.3) is 21.1 Å². The maximum atomic E-state index is 12.6. The SMILES string of the molecule is COC(=O)[C@H]1Cc2c([nH]c3ccccc23)[C@H](c2ccc(OC)c(CSc3nc4ccccc4s3)c2)N1. The van der Waals surface area contributed by atoms with E-state index in [4.69, 9.17) is 14.5 Å². The lowest BCUT2D eigenvalue weighted by atomic mass is 9.89. The molecule has 0 saturated heterocycles. The number of nitrogens with one attached hydrogen (secondary N) is 2. The third kappa shape index (κ3) is 4.15. The summed E-state index contributed by atoms with van der Waals surface area (Å²) in [5.74, 6) is 1.31. The minimum absolute atomic E-state index is 0.178. The van der Waals surface area contributed by atoms with Gasteiger partial charge in [-0.15, -0.1) is 11.3 Å². The number of ether oxygens (including phenoxy) is 2. The maximum absolute atomic E-state index is 12.6. The number of hydrogen-bond donors (Lipinski definition) is 2. The number of hydrogen-bond acceptors (Lipinski definition) is 7. The van der Waals surface area contributed by atoms with Crippen molar-refractivity contribution in [1.82, 2.24) is 15.3 Å². The number of nitrogens with zero attached hydrogens (tertiary/aromatic N) is 1. The van der Waals surface area contributed by atoms with E-state index in [1.807, 2.05) is 36.4 Å². The average molecular weight is 516 g/mol. The molecule has 182 valence electrons. The van der Waals surface area contributed by atoms with Crippen LogP contribution in [0.15, 0.2) is 71.1 Å². The molecule has 2 atom stereocenters. The highest BCUT2D eigenvalue weighted by molar-refractivity contribution is 8.00. The maximum Gasteiger partial charge on any atom is 0.323 e. The van der Waals surface area contributed by atoms with Crippen molar-refractivity contribution < 1.29 is 14.3 Å². The smallest absolute Gasteiger partial charge is 0.323 e. The first-order valence-electron chi connectivity index (χ1n) is 11.7. The quantitative estimate of drug-likeness (QED) is 0.218. The van der Waals surface area contributed by atoms with Crippen LogP contribution in [0.5, 0.6) is 5.75 Å².